The summed E-state index contributed by atoms with van der Waals surface area (Å²) < 4.78 is 5.25. The molecule has 0 aromatic heterocycles. The second-order valence-corrected chi connectivity index (χ2v) is 6.92. The number of carbonyl (C=O) groups is 2. The molecule has 1 saturated heterocycles. The average molecular weight is 368 g/mol. The minimum Gasteiger partial charge on any atom is -0.378 e. The summed E-state index contributed by atoms with van der Waals surface area (Å²) in [5.74, 6) is -0.180. The third-order valence-electron chi connectivity index (χ3n) is 4.47. The van der Waals surface area contributed by atoms with Crippen LogP contribution in [0.4, 0.5) is 5.69 Å². The Hall–Kier alpha value is -1.63. The number of hydrogen-bond acceptors (Lipinski definition) is 4. The summed E-state index contributed by atoms with van der Waals surface area (Å²) in [6, 6.07) is 3.33. The van der Waals surface area contributed by atoms with E-state index in [1.807, 2.05) is 26.0 Å². The second-order valence-electron chi connectivity index (χ2n) is 6.51. The van der Waals surface area contributed by atoms with Crippen LogP contribution >= 0.6 is 11.6 Å². The number of carbonyl (C=O) groups excluding carboxylic acids is 2. The molecule has 1 aromatic carbocycles. The topological polar surface area (TPSA) is 61.9 Å². The van der Waals surface area contributed by atoms with Gasteiger partial charge in [-0.25, -0.2) is 0 Å². The lowest BCUT2D eigenvalue weighted by molar-refractivity contribution is -0.137. The fraction of sp³-hybridized carbons (Fsp3) is 0.556. The summed E-state index contributed by atoms with van der Waals surface area (Å²) in [6.45, 7) is 8.17. The maximum atomic E-state index is 12.5. The van der Waals surface area contributed by atoms with Crippen LogP contribution < -0.4 is 5.32 Å². The molecule has 1 aromatic rings. The molecule has 1 aliphatic heterocycles. The lowest BCUT2D eigenvalue weighted by atomic mass is 10.1. The van der Waals surface area contributed by atoms with Crippen molar-refractivity contribution in [3.8, 4) is 0 Å². The van der Waals surface area contributed by atoms with E-state index < -0.39 is 6.04 Å². The van der Waals surface area contributed by atoms with Crippen molar-refractivity contribution in [3.63, 3.8) is 0 Å². The first-order valence-corrected chi connectivity index (χ1v) is 8.80. The number of nitrogens with one attached hydrogen (secondary N) is 1. The molecule has 7 heteroatoms. The van der Waals surface area contributed by atoms with E-state index in [4.69, 9.17) is 16.3 Å². The minimum atomic E-state index is -0.457. The largest absolute Gasteiger partial charge is 0.378 e. The van der Waals surface area contributed by atoms with Crippen molar-refractivity contribution in [2.75, 3.05) is 45.2 Å². The van der Waals surface area contributed by atoms with Crippen LogP contribution in [0.1, 0.15) is 18.1 Å². The van der Waals surface area contributed by atoms with Gasteiger partial charge in [0.25, 0.3) is 0 Å². The van der Waals surface area contributed by atoms with Gasteiger partial charge in [-0.05, 0) is 45.0 Å². The molecule has 0 spiro atoms. The molecule has 1 N–H and O–H groups in total. The third kappa shape index (κ3) is 5.17. The van der Waals surface area contributed by atoms with Gasteiger partial charge in [-0.2, -0.15) is 0 Å². The van der Waals surface area contributed by atoms with Crippen LogP contribution in [0.2, 0.25) is 5.02 Å². The standard InChI is InChI=1S/C18H26ClN3O3/c1-12-9-13(2)17(15(19)10-12)20-18(24)14(3)21(4)11-16(23)22-5-7-25-8-6-22/h9-10,14H,5-8,11H2,1-4H3,(H,20,24). The van der Waals surface area contributed by atoms with Crippen LogP contribution in [0.5, 0.6) is 0 Å². The number of likely N-dealkylation sites (N-methyl/N-ethyl adjacent to an activating group) is 1. The van der Waals surface area contributed by atoms with Crippen LogP contribution in [0.15, 0.2) is 12.1 Å². The lowest BCUT2D eigenvalue weighted by Crippen LogP contribution is -2.48. The number of amides is 2. The van der Waals surface area contributed by atoms with E-state index in [0.717, 1.165) is 11.1 Å². The van der Waals surface area contributed by atoms with Crippen LogP contribution in [0.3, 0.4) is 0 Å². The van der Waals surface area contributed by atoms with Crippen molar-refractivity contribution in [2.45, 2.75) is 26.8 Å². The molecule has 138 valence electrons. The molecule has 0 saturated carbocycles. The summed E-state index contributed by atoms with van der Waals surface area (Å²) in [6.07, 6.45) is 0. The van der Waals surface area contributed by atoms with Crippen molar-refractivity contribution in [3.05, 3.63) is 28.3 Å². The van der Waals surface area contributed by atoms with Gasteiger partial charge in [0.1, 0.15) is 0 Å². The van der Waals surface area contributed by atoms with Gasteiger partial charge in [-0.3, -0.25) is 14.5 Å². The summed E-state index contributed by atoms with van der Waals surface area (Å²) in [4.78, 5) is 28.4. The van der Waals surface area contributed by atoms with Gasteiger partial charge < -0.3 is 15.0 Å². The predicted molar refractivity (Wildman–Crippen MR) is 99.0 cm³/mol. The summed E-state index contributed by atoms with van der Waals surface area (Å²) >= 11 is 6.25. The van der Waals surface area contributed by atoms with Crippen molar-refractivity contribution in [2.24, 2.45) is 0 Å². The number of hydrogen-bond donors (Lipinski definition) is 1. The van der Waals surface area contributed by atoms with Gasteiger partial charge in [0.15, 0.2) is 0 Å². The zero-order valence-corrected chi connectivity index (χ0v) is 16.0. The van der Waals surface area contributed by atoms with E-state index >= 15 is 0 Å². The average Bonchev–Trinajstić information content (AvgIpc) is 2.57. The SMILES string of the molecule is Cc1cc(C)c(NC(=O)C(C)N(C)CC(=O)N2CCOCC2)c(Cl)c1. The van der Waals surface area contributed by atoms with Crippen LogP contribution in [-0.2, 0) is 14.3 Å². The number of benzene rings is 1. The van der Waals surface area contributed by atoms with Crippen LogP contribution in [0, 0.1) is 13.8 Å². The number of aryl methyl sites for hydroxylation is 2. The molecule has 1 unspecified atom stereocenters. The molecular weight excluding hydrogens is 342 g/mol. The van der Waals surface area contributed by atoms with E-state index in [0.29, 0.717) is 37.0 Å². The van der Waals surface area contributed by atoms with Gasteiger partial charge in [0, 0.05) is 13.1 Å². The lowest BCUT2D eigenvalue weighted by Gasteiger charge is -2.30. The Kier molecular flexibility index (Phi) is 6.81. The molecule has 6 nitrogen and oxygen atoms in total. The fourth-order valence-corrected chi connectivity index (χ4v) is 3.13. The van der Waals surface area contributed by atoms with Crippen molar-refractivity contribution >= 4 is 29.1 Å². The molecule has 25 heavy (non-hydrogen) atoms. The highest BCUT2D eigenvalue weighted by Gasteiger charge is 2.24. The van der Waals surface area contributed by atoms with Gasteiger partial charge in [-0.15, -0.1) is 0 Å². The zero-order valence-electron chi connectivity index (χ0n) is 15.3. The highest BCUT2D eigenvalue weighted by atomic mass is 35.5. The summed E-state index contributed by atoms with van der Waals surface area (Å²) in [5.41, 5.74) is 2.58. The first-order valence-electron chi connectivity index (χ1n) is 8.43. The Morgan fingerprint density at radius 2 is 1.96 bits per heavy atom. The van der Waals surface area contributed by atoms with Crippen LogP contribution in [-0.4, -0.2) is 67.6 Å². The van der Waals surface area contributed by atoms with E-state index in [1.165, 1.54) is 0 Å². The summed E-state index contributed by atoms with van der Waals surface area (Å²) in [7, 11) is 1.77. The Balaban J connectivity index is 1.96. The van der Waals surface area contributed by atoms with Gasteiger partial charge in [0.2, 0.25) is 11.8 Å². The Morgan fingerprint density at radius 1 is 1.32 bits per heavy atom. The molecule has 2 rings (SSSR count). The molecule has 1 heterocycles. The molecule has 1 fully saturated rings. The normalized spacial score (nSPS) is 16.0. The zero-order chi connectivity index (χ0) is 18.6. The predicted octanol–water partition coefficient (Wildman–Crippen LogP) is 2.07. The van der Waals surface area contributed by atoms with Crippen molar-refractivity contribution in [1.29, 1.82) is 0 Å². The highest BCUT2D eigenvalue weighted by molar-refractivity contribution is 6.34. The van der Waals surface area contributed by atoms with E-state index in [9.17, 15) is 9.59 Å². The Bertz CT molecular complexity index is 621. The fourth-order valence-electron chi connectivity index (χ4n) is 2.76. The van der Waals surface area contributed by atoms with Gasteiger partial charge in [-0.1, -0.05) is 17.7 Å². The van der Waals surface area contributed by atoms with Gasteiger partial charge >= 0.3 is 0 Å². The molecule has 2 amide bonds. The molecule has 0 bridgehead atoms. The smallest absolute Gasteiger partial charge is 0.241 e. The maximum Gasteiger partial charge on any atom is 0.241 e. The summed E-state index contributed by atoms with van der Waals surface area (Å²) in [5, 5.41) is 3.40. The molecule has 0 radical (unpaired) electrons. The van der Waals surface area contributed by atoms with E-state index in [2.05, 4.69) is 5.32 Å². The minimum absolute atomic E-state index is 0.00926. The van der Waals surface area contributed by atoms with E-state index in [1.54, 1.807) is 23.8 Å². The van der Waals surface area contributed by atoms with Gasteiger partial charge in [0.05, 0.1) is 36.5 Å². The van der Waals surface area contributed by atoms with Crippen molar-refractivity contribution in [1.82, 2.24) is 9.80 Å². The third-order valence-corrected chi connectivity index (χ3v) is 4.77. The number of halogens is 1. The second kappa shape index (κ2) is 8.65. The molecular formula is C18H26ClN3O3. The first kappa shape index (κ1) is 19.7. The number of ether oxygens (including phenoxy) is 1. The Labute approximate surface area is 154 Å². The number of nitrogens with zero attached hydrogens (tertiary/aromatic N) is 2. The van der Waals surface area contributed by atoms with Crippen molar-refractivity contribution < 1.29 is 14.3 Å². The number of anilines is 1. The van der Waals surface area contributed by atoms with E-state index in [-0.39, 0.29) is 18.4 Å². The monoisotopic (exact) mass is 367 g/mol. The molecule has 1 aliphatic rings. The quantitative estimate of drug-likeness (QED) is 0.865. The number of rotatable bonds is 5. The highest BCUT2D eigenvalue weighted by Crippen LogP contribution is 2.27. The van der Waals surface area contributed by atoms with Crippen LogP contribution in [0.25, 0.3) is 0 Å². The maximum absolute atomic E-state index is 12.5. The molecule has 1 atom stereocenters. The molecule has 0 aliphatic carbocycles. The first-order chi connectivity index (χ1) is 11.8. The number of morpholine rings is 1. The Morgan fingerprint density at radius 3 is 2.56 bits per heavy atom.